The van der Waals surface area contributed by atoms with Crippen molar-refractivity contribution in [3.8, 4) is 0 Å². The number of benzene rings is 1. The lowest BCUT2D eigenvalue weighted by molar-refractivity contribution is -0.130. The molecular formula is C12H14BrFN2O. The van der Waals surface area contributed by atoms with E-state index in [0.29, 0.717) is 17.6 Å². The molecule has 1 fully saturated rings. The zero-order chi connectivity index (χ0) is 12.3. The van der Waals surface area contributed by atoms with Gasteiger partial charge in [0.15, 0.2) is 0 Å². The maximum atomic E-state index is 13.2. The van der Waals surface area contributed by atoms with Gasteiger partial charge in [0, 0.05) is 17.6 Å². The summed E-state index contributed by atoms with van der Waals surface area (Å²) < 4.78 is 13.9. The van der Waals surface area contributed by atoms with E-state index in [-0.39, 0.29) is 11.7 Å². The van der Waals surface area contributed by atoms with Gasteiger partial charge in [-0.1, -0.05) is 15.9 Å². The molecule has 2 rings (SSSR count). The quantitative estimate of drug-likeness (QED) is 0.905. The summed E-state index contributed by atoms with van der Waals surface area (Å²) in [6.07, 6.45) is 0.933. The van der Waals surface area contributed by atoms with E-state index >= 15 is 0 Å². The van der Waals surface area contributed by atoms with Gasteiger partial charge >= 0.3 is 0 Å². The van der Waals surface area contributed by atoms with Crippen LogP contribution in [-0.2, 0) is 11.3 Å². The van der Waals surface area contributed by atoms with Crippen LogP contribution < -0.4 is 5.32 Å². The Morgan fingerprint density at radius 3 is 3.00 bits per heavy atom. The average Bonchev–Trinajstić information content (AvgIpc) is 2.43. The minimum absolute atomic E-state index is 0.0721. The molecule has 17 heavy (non-hydrogen) atoms. The Hall–Kier alpha value is -0.940. The minimum Gasteiger partial charge on any atom is -0.337 e. The molecule has 0 aliphatic carbocycles. The molecule has 1 N–H and O–H groups in total. The fourth-order valence-corrected chi connectivity index (χ4v) is 2.43. The monoisotopic (exact) mass is 300 g/mol. The van der Waals surface area contributed by atoms with Gasteiger partial charge in [0.1, 0.15) is 5.82 Å². The van der Waals surface area contributed by atoms with Crippen molar-refractivity contribution in [2.45, 2.75) is 13.0 Å². The topological polar surface area (TPSA) is 32.3 Å². The fraction of sp³-hybridized carbons (Fsp3) is 0.417. The summed E-state index contributed by atoms with van der Waals surface area (Å²) in [5, 5.41) is 3.06. The third kappa shape index (κ3) is 3.51. The molecule has 1 aliphatic heterocycles. The highest BCUT2D eigenvalue weighted by atomic mass is 79.9. The lowest BCUT2D eigenvalue weighted by atomic mass is 10.2. The van der Waals surface area contributed by atoms with Crippen LogP contribution >= 0.6 is 15.9 Å². The Balaban J connectivity index is 2.10. The van der Waals surface area contributed by atoms with E-state index in [4.69, 9.17) is 0 Å². The second-order valence-corrected chi connectivity index (χ2v) is 5.04. The molecule has 1 saturated heterocycles. The minimum atomic E-state index is -0.283. The molecule has 0 saturated carbocycles. The van der Waals surface area contributed by atoms with Crippen LogP contribution in [0.3, 0.4) is 0 Å². The fourth-order valence-electron chi connectivity index (χ4n) is 1.92. The summed E-state index contributed by atoms with van der Waals surface area (Å²) in [5.41, 5.74) is 0.812. The number of carbonyl (C=O) groups excluding carboxylic acids is 1. The summed E-state index contributed by atoms with van der Waals surface area (Å²) in [4.78, 5) is 13.5. The van der Waals surface area contributed by atoms with E-state index in [1.807, 2.05) is 6.07 Å². The van der Waals surface area contributed by atoms with E-state index in [2.05, 4.69) is 21.2 Å². The van der Waals surface area contributed by atoms with Crippen LogP contribution in [0, 0.1) is 5.82 Å². The first-order valence-electron chi connectivity index (χ1n) is 5.58. The van der Waals surface area contributed by atoms with Gasteiger partial charge in [-0.05, 0) is 36.7 Å². The van der Waals surface area contributed by atoms with Crippen LogP contribution in [-0.4, -0.2) is 30.4 Å². The number of halogens is 2. The molecule has 1 aromatic carbocycles. The van der Waals surface area contributed by atoms with Crippen LogP contribution in [0.15, 0.2) is 22.7 Å². The van der Waals surface area contributed by atoms with Gasteiger partial charge in [0.25, 0.3) is 0 Å². The van der Waals surface area contributed by atoms with E-state index in [1.165, 1.54) is 12.1 Å². The van der Waals surface area contributed by atoms with E-state index in [0.717, 1.165) is 25.1 Å². The zero-order valence-electron chi connectivity index (χ0n) is 9.38. The Kier molecular flexibility index (Phi) is 4.12. The van der Waals surface area contributed by atoms with Crippen molar-refractivity contribution in [2.75, 3.05) is 19.6 Å². The van der Waals surface area contributed by atoms with E-state index < -0.39 is 0 Å². The predicted molar refractivity (Wildman–Crippen MR) is 67.0 cm³/mol. The second kappa shape index (κ2) is 5.60. The highest BCUT2D eigenvalue weighted by molar-refractivity contribution is 9.10. The highest BCUT2D eigenvalue weighted by Crippen LogP contribution is 2.16. The number of rotatable bonds is 2. The van der Waals surface area contributed by atoms with Crippen molar-refractivity contribution in [1.82, 2.24) is 10.2 Å². The normalized spacial score (nSPS) is 17.1. The molecule has 92 valence electrons. The number of nitrogens with one attached hydrogen (secondary N) is 1. The van der Waals surface area contributed by atoms with Crippen molar-refractivity contribution in [1.29, 1.82) is 0 Å². The number of hydrogen-bond donors (Lipinski definition) is 1. The summed E-state index contributed by atoms with van der Waals surface area (Å²) in [6, 6.07) is 4.72. The lowest BCUT2D eigenvalue weighted by Gasteiger charge is -2.20. The number of amides is 1. The third-order valence-electron chi connectivity index (χ3n) is 2.71. The molecular weight excluding hydrogens is 287 g/mol. The van der Waals surface area contributed by atoms with Crippen molar-refractivity contribution in [2.24, 2.45) is 0 Å². The largest absolute Gasteiger partial charge is 0.337 e. The Bertz CT molecular complexity index is 405. The van der Waals surface area contributed by atoms with Gasteiger partial charge in [-0.2, -0.15) is 0 Å². The van der Waals surface area contributed by atoms with Crippen molar-refractivity contribution >= 4 is 21.8 Å². The van der Waals surface area contributed by atoms with Crippen LogP contribution in [0.25, 0.3) is 0 Å². The Morgan fingerprint density at radius 1 is 1.41 bits per heavy atom. The predicted octanol–water partition coefficient (Wildman–Crippen LogP) is 1.91. The van der Waals surface area contributed by atoms with Crippen LogP contribution in [0.2, 0.25) is 0 Å². The van der Waals surface area contributed by atoms with Gasteiger partial charge < -0.3 is 10.2 Å². The number of carbonyl (C=O) groups is 1. The molecule has 0 aromatic heterocycles. The third-order valence-corrected chi connectivity index (χ3v) is 3.16. The zero-order valence-corrected chi connectivity index (χ0v) is 11.0. The maximum absolute atomic E-state index is 13.2. The first-order valence-corrected chi connectivity index (χ1v) is 6.38. The van der Waals surface area contributed by atoms with E-state index in [9.17, 15) is 9.18 Å². The standard InChI is InChI=1S/C12H14BrFN2O/c13-10-4-9(5-11(14)6-10)8-16-3-1-2-15-7-12(16)17/h4-6,15H,1-3,7-8H2. The van der Waals surface area contributed by atoms with E-state index in [1.54, 1.807) is 4.90 Å². The number of hydrogen-bond acceptors (Lipinski definition) is 2. The van der Waals surface area contributed by atoms with Crippen molar-refractivity contribution < 1.29 is 9.18 Å². The average molecular weight is 301 g/mol. The molecule has 0 atom stereocenters. The Labute approximate surface area is 108 Å². The summed E-state index contributed by atoms with van der Waals surface area (Å²) in [7, 11) is 0. The second-order valence-electron chi connectivity index (χ2n) is 4.12. The molecule has 3 nitrogen and oxygen atoms in total. The molecule has 5 heteroatoms. The molecule has 0 spiro atoms. The molecule has 1 aromatic rings. The SMILES string of the molecule is O=C1CNCCCN1Cc1cc(F)cc(Br)c1. The molecule has 0 bridgehead atoms. The smallest absolute Gasteiger partial charge is 0.236 e. The van der Waals surface area contributed by atoms with Crippen LogP contribution in [0.1, 0.15) is 12.0 Å². The maximum Gasteiger partial charge on any atom is 0.236 e. The first-order chi connectivity index (χ1) is 8.15. The van der Waals surface area contributed by atoms with Gasteiger partial charge in [-0.15, -0.1) is 0 Å². The van der Waals surface area contributed by atoms with Crippen molar-refractivity contribution in [3.63, 3.8) is 0 Å². The number of nitrogens with zero attached hydrogens (tertiary/aromatic N) is 1. The molecule has 0 radical (unpaired) electrons. The molecule has 1 aliphatic rings. The Morgan fingerprint density at radius 2 is 2.24 bits per heavy atom. The molecule has 0 unspecified atom stereocenters. The van der Waals surface area contributed by atoms with Gasteiger partial charge in [0.2, 0.25) is 5.91 Å². The first kappa shape index (κ1) is 12.5. The van der Waals surface area contributed by atoms with Gasteiger partial charge in [-0.25, -0.2) is 4.39 Å². The van der Waals surface area contributed by atoms with Crippen molar-refractivity contribution in [3.05, 3.63) is 34.1 Å². The highest BCUT2D eigenvalue weighted by Gasteiger charge is 2.16. The van der Waals surface area contributed by atoms with Gasteiger partial charge in [-0.3, -0.25) is 4.79 Å². The lowest BCUT2D eigenvalue weighted by Crippen LogP contribution is -2.34. The van der Waals surface area contributed by atoms with Crippen LogP contribution in [0.4, 0.5) is 4.39 Å². The summed E-state index contributed by atoms with van der Waals surface area (Å²) in [6.45, 7) is 2.42. The summed E-state index contributed by atoms with van der Waals surface area (Å²) >= 11 is 3.25. The van der Waals surface area contributed by atoms with Gasteiger partial charge in [0.05, 0.1) is 6.54 Å². The summed E-state index contributed by atoms with van der Waals surface area (Å²) in [5.74, 6) is -0.211. The molecule has 1 heterocycles. The van der Waals surface area contributed by atoms with Crippen LogP contribution in [0.5, 0.6) is 0 Å². The molecule has 1 amide bonds.